The van der Waals surface area contributed by atoms with Gasteiger partial charge in [0, 0.05) is 37.7 Å². The number of hydrogen-bond acceptors (Lipinski definition) is 5. The van der Waals surface area contributed by atoms with Gasteiger partial charge in [0.1, 0.15) is 17.5 Å². The molecule has 1 fully saturated rings. The van der Waals surface area contributed by atoms with E-state index in [9.17, 15) is 0 Å². The number of aromatic nitrogens is 2. The first kappa shape index (κ1) is 13.1. The summed E-state index contributed by atoms with van der Waals surface area (Å²) >= 11 is 0. The van der Waals surface area contributed by atoms with Crippen molar-refractivity contribution < 1.29 is 0 Å². The number of anilines is 2. The summed E-state index contributed by atoms with van der Waals surface area (Å²) in [6.45, 7) is 9.51. The smallest absolute Gasteiger partial charge is 0.135 e. The Hall–Kier alpha value is -1.36. The van der Waals surface area contributed by atoms with E-state index in [1.165, 1.54) is 0 Å². The Bertz CT molecular complexity index is 418. The number of nitrogen functional groups attached to an aromatic ring is 1. The number of piperazine rings is 1. The van der Waals surface area contributed by atoms with Crippen LogP contribution in [0.25, 0.3) is 0 Å². The van der Waals surface area contributed by atoms with E-state index in [2.05, 4.69) is 47.6 Å². The minimum absolute atomic E-state index is 0.301. The number of nitrogens with two attached hydrogens (primary N) is 1. The van der Waals surface area contributed by atoms with Crippen LogP contribution in [0.5, 0.6) is 0 Å². The van der Waals surface area contributed by atoms with E-state index in [1.54, 1.807) is 0 Å². The van der Waals surface area contributed by atoms with E-state index < -0.39 is 0 Å². The van der Waals surface area contributed by atoms with E-state index in [0.29, 0.717) is 17.8 Å². The summed E-state index contributed by atoms with van der Waals surface area (Å²) in [6.07, 6.45) is 0. The van der Waals surface area contributed by atoms with Crippen LogP contribution in [0.15, 0.2) is 6.07 Å². The molecule has 1 aromatic heterocycles. The fraction of sp³-hybridized carbons (Fsp3) is 0.692. The van der Waals surface area contributed by atoms with E-state index in [4.69, 9.17) is 5.73 Å². The Kier molecular flexibility index (Phi) is 3.71. The fourth-order valence-corrected chi connectivity index (χ4v) is 2.36. The van der Waals surface area contributed by atoms with Crippen LogP contribution in [0.3, 0.4) is 0 Å². The van der Waals surface area contributed by atoms with Crippen LogP contribution in [-0.4, -0.2) is 47.6 Å². The Morgan fingerprint density at radius 2 is 2.06 bits per heavy atom. The van der Waals surface area contributed by atoms with E-state index in [-0.39, 0.29) is 0 Å². The highest BCUT2D eigenvalue weighted by molar-refractivity contribution is 5.48. The molecule has 0 aromatic carbocycles. The Labute approximate surface area is 109 Å². The van der Waals surface area contributed by atoms with Gasteiger partial charge >= 0.3 is 0 Å². The molecule has 0 aliphatic carbocycles. The highest BCUT2D eigenvalue weighted by Gasteiger charge is 2.23. The highest BCUT2D eigenvalue weighted by atomic mass is 15.3. The maximum atomic E-state index is 5.89. The third-order valence-corrected chi connectivity index (χ3v) is 3.39. The highest BCUT2D eigenvalue weighted by Crippen LogP contribution is 2.22. The summed E-state index contributed by atoms with van der Waals surface area (Å²) in [5.41, 5.74) is 5.89. The van der Waals surface area contributed by atoms with Crippen LogP contribution in [-0.2, 0) is 0 Å². The first-order chi connectivity index (χ1) is 8.47. The fourth-order valence-electron chi connectivity index (χ4n) is 2.36. The monoisotopic (exact) mass is 249 g/mol. The van der Waals surface area contributed by atoms with Crippen molar-refractivity contribution in [2.24, 2.45) is 0 Å². The van der Waals surface area contributed by atoms with Gasteiger partial charge in [0.05, 0.1) is 0 Å². The summed E-state index contributed by atoms with van der Waals surface area (Å²) in [7, 11) is 2.15. The molecular weight excluding hydrogens is 226 g/mol. The predicted octanol–water partition coefficient (Wildman–Crippen LogP) is 1.32. The second-order valence-corrected chi connectivity index (χ2v) is 5.47. The molecule has 0 bridgehead atoms. The van der Waals surface area contributed by atoms with Crippen LogP contribution in [0.1, 0.15) is 32.5 Å². The lowest BCUT2D eigenvalue weighted by molar-refractivity contribution is 0.274. The van der Waals surface area contributed by atoms with Crippen molar-refractivity contribution in [3.05, 3.63) is 11.9 Å². The molecule has 5 nitrogen and oxygen atoms in total. The molecule has 0 radical (unpaired) electrons. The van der Waals surface area contributed by atoms with Crippen molar-refractivity contribution in [2.45, 2.75) is 32.7 Å². The topological polar surface area (TPSA) is 58.3 Å². The molecule has 2 rings (SSSR count). The lowest BCUT2D eigenvalue weighted by atomic mass is 10.2. The zero-order chi connectivity index (χ0) is 13.3. The second-order valence-electron chi connectivity index (χ2n) is 5.47. The van der Waals surface area contributed by atoms with E-state index in [1.807, 2.05) is 6.07 Å². The van der Waals surface area contributed by atoms with Crippen molar-refractivity contribution in [3.63, 3.8) is 0 Å². The molecule has 2 heterocycles. The third-order valence-electron chi connectivity index (χ3n) is 3.39. The predicted molar refractivity (Wildman–Crippen MR) is 74.8 cm³/mol. The number of hydrogen-bond donors (Lipinski definition) is 1. The Balaban J connectivity index is 2.27. The van der Waals surface area contributed by atoms with Crippen molar-refractivity contribution in [2.75, 3.05) is 37.3 Å². The zero-order valence-electron chi connectivity index (χ0n) is 11.7. The van der Waals surface area contributed by atoms with E-state index in [0.717, 1.165) is 31.3 Å². The molecule has 0 saturated carbocycles. The van der Waals surface area contributed by atoms with Gasteiger partial charge in [-0.3, -0.25) is 0 Å². The Morgan fingerprint density at radius 1 is 1.33 bits per heavy atom. The van der Waals surface area contributed by atoms with Crippen LogP contribution in [0.2, 0.25) is 0 Å². The largest absolute Gasteiger partial charge is 0.384 e. The van der Waals surface area contributed by atoms with Crippen LogP contribution in [0, 0.1) is 0 Å². The molecule has 18 heavy (non-hydrogen) atoms. The Morgan fingerprint density at radius 3 is 2.67 bits per heavy atom. The average Bonchev–Trinajstić information content (AvgIpc) is 2.27. The van der Waals surface area contributed by atoms with Crippen molar-refractivity contribution in [1.82, 2.24) is 14.9 Å². The van der Waals surface area contributed by atoms with Gasteiger partial charge in [-0.15, -0.1) is 0 Å². The van der Waals surface area contributed by atoms with Crippen molar-refractivity contribution in [1.29, 1.82) is 0 Å². The van der Waals surface area contributed by atoms with Gasteiger partial charge in [-0.25, -0.2) is 9.97 Å². The summed E-state index contributed by atoms with van der Waals surface area (Å²) in [6, 6.07) is 2.34. The molecule has 1 saturated heterocycles. The minimum atomic E-state index is 0.301. The van der Waals surface area contributed by atoms with Gasteiger partial charge in [-0.1, -0.05) is 13.8 Å². The third kappa shape index (κ3) is 2.72. The van der Waals surface area contributed by atoms with E-state index >= 15 is 0 Å². The molecule has 0 spiro atoms. The summed E-state index contributed by atoms with van der Waals surface area (Å²) in [4.78, 5) is 13.6. The number of likely N-dealkylation sites (N-methyl/N-ethyl adjacent to an activating group) is 1. The molecule has 0 amide bonds. The van der Waals surface area contributed by atoms with Crippen molar-refractivity contribution >= 4 is 11.6 Å². The first-order valence-electron chi connectivity index (χ1n) is 6.57. The standard InChI is InChI=1S/C13H23N5/c1-9(2)13-15-11(14)7-12(16-13)18-6-5-17(4)8-10(18)3/h7,9-10H,5-6,8H2,1-4H3,(H2,14,15,16). The minimum Gasteiger partial charge on any atom is -0.384 e. The average molecular weight is 249 g/mol. The van der Waals surface area contributed by atoms with Gasteiger partial charge in [0.25, 0.3) is 0 Å². The maximum absolute atomic E-state index is 5.89. The first-order valence-corrected chi connectivity index (χ1v) is 6.57. The van der Waals surface area contributed by atoms with Gasteiger partial charge in [-0.05, 0) is 14.0 Å². The second kappa shape index (κ2) is 5.10. The van der Waals surface area contributed by atoms with Crippen LogP contribution >= 0.6 is 0 Å². The summed E-state index contributed by atoms with van der Waals surface area (Å²) in [5.74, 6) is 2.66. The summed E-state index contributed by atoms with van der Waals surface area (Å²) in [5, 5.41) is 0. The zero-order valence-corrected chi connectivity index (χ0v) is 11.7. The van der Waals surface area contributed by atoms with Crippen LogP contribution < -0.4 is 10.6 Å². The molecule has 2 N–H and O–H groups in total. The molecule has 1 aliphatic heterocycles. The van der Waals surface area contributed by atoms with Gasteiger partial charge in [0.2, 0.25) is 0 Å². The lowest BCUT2D eigenvalue weighted by Gasteiger charge is -2.39. The number of rotatable bonds is 2. The lowest BCUT2D eigenvalue weighted by Crippen LogP contribution is -2.50. The molecule has 1 aromatic rings. The maximum Gasteiger partial charge on any atom is 0.135 e. The quantitative estimate of drug-likeness (QED) is 0.856. The molecule has 1 atom stereocenters. The SMILES string of the molecule is CC(C)c1nc(N)cc(N2CCN(C)CC2C)n1. The van der Waals surface area contributed by atoms with Gasteiger partial charge in [-0.2, -0.15) is 0 Å². The van der Waals surface area contributed by atoms with Crippen LogP contribution in [0.4, 0.5) is 11.6 Å². The molecule has 5 heteroatoms. The van der Waals surface area contributed by atoms with Gasteiger partial charge < -0.3 is 15.5 Å². The molecule has 100 valence electrons. The normalized spacial score (nSPS) is 21.6. The molecule has 1 unspecified atom stereocenters. The molecule has 1 aliphatic rings. The summed E-state index contributed by atoms with van der Waals surface area (Å²) < 4.78 is 0. The molecular formula is C13H23N5. The van der Waals surface area contributed by atoms with Crippen molar-refractivity contribution in [3.8, 4) is 0 Å². The van der Waals surface area contributed by atoms with Gasteiger partial charge in [0.15, 0.2) is 0 Å². The number of nitrogens with zero attached hydrogens (tertiary/aromatic N) is 4.